The first-order valence-electron chi connectivity index (χ1n) is 9.61. The summed E-state index contributed by atoms with van der Waals surface area (Å²) in [5.41, 5.74) is -0.364. The summed E-state index contributed by atoms with van der Waals surface area (Å²) in [6.07, 6.45) is 10.7. The van der Waals surface area contributed by atoms with Crippen LogP contribution in [0, 0.1) is 17.3 Å². The number of aliphatic hydroxyl groups is 1. The van der Waals surface area contributed by atoms with Crippen molar-refractivity contribution in [2.24, 2.45) is 17.3 Å². The minimum atomic E-state index is -0.795. The summed E-state index contributed by atoms with van der Waals surface area (Å²) in [5.74, 6) is -0.330. The molecule has 5 nitrogen and oxygen atoms in total. The lowest BCUT2D eigenvalue weighted by molar-refractivity contribution is -0.136. The van der Waals surface area contributed by atoms with Gasteiger partial charge in [-0.2, -0.15) is 0 Å². The fourth-order valence-electron chi connectivity index (χ4n) is 3.22. The van der Waals surface area contributed by atoms with Crippen molar-refractivity contribution >= 4 is 11.8 Å². The van der Waals surface area contributed by atoms with E-state index >= 15 is 0 Å². The van der Waals surface area contributed by atoms with E-state index in [-0.39, 0.29) is 23.7 Å². The zero-order valence-electron chi connectivity index (χ0n) is 16.3. The van der Waals surface area contributed by atoms with Crippen molar-refractivity contribution in [3.63, 3.8) is 0 Å². The number of aliphatic carboxylic acids is 1. The maximum Gasteiger partial charge on any atom is 0.303 e. The highest BCUT2D eigenvalue weighted by Crippen LogP contribution is 2.34. The maximum atomic E-state index is 12.2. The minimum absolute atomic E-state index is 0.00224. The number of hydrogen-bond donors (Lipinski definition) is 2. The predicted octanol–water partition coefficient (Wildman–Crippen LogP) is 3.76. The molecule has 0 aliphatic heterocycles. The predicted molar refractivity (Wildman–Crippen MR) is 102 cm³/mol. The van der Waals surface area contributed by atoms with E-state index in [9.17, 15) is 14.7 Å². The third kappa shape index (κ3) is 7.83. The molecule has 0 radical (unpaired) electrons. The Balaban J connectivity index is 2.51. The van der Waals surface area contributed by atoms with Crippen LogP contribution in [0.5, 0.6) is 0 Å². The van der Waals surface area contributed by atoms with Gasteiger partial charge in [0.1, 0.15) is 5.78 Å². The van der Waals surface area contributed by atoms with Gasteiger partial charge in [-0.3, -0.25) is 9.59 Å². The average molecular weight is 366 g/mol. The number of rotatable bonds is 12. The van der Waals surface area contributed by atoms with E-state index in [0.717, 1.165) is 19.3 Å². The summed E-state index contributed by atoms with van der Waals surface area (Å²) in [6.45, 7) is 6.99. The molecule has 0 aromatic rings. The van der Waals surface area contributed by atoms with Gasteiger partial charge in [0, 0.05) is 30.8 Å². The molecule has 0 bridgehead atoms. The summed E-state index contributed by atoms with van der Waals surface area (Å²) in [5, 5.41) is 19.0. The van der Waals surface area contributed by atoms with Crippen molar-refractivity contribution in [2.45, 2.75) is 65.4 Å². The zero-order chi connectivity index (χ0) is 19.6. The Bertz CT molecular complexity index is 507. The number of aliphatic hydroxyl groups excluding tert-OH is 1. The van der Waals surface area contributed by atoms with E-state index in [2.05, 4.69) is 0 Å². The van der Waals surface area contributed by atoms with Crippen LogP contribution in [0.25, 0.3) is 0 Å². The van der Waals surface area contributed by atoms with Crippen molar-refractivity contribution in [1.82, 2.24) is 0 Å². The lowest BCUT2D eigenvalue weighted by Gasteiger charge is -2.28. The Kier molecular flexibility index (Phi) is 9.81. The summed E-state index contributed by atoms with van der Waals surface area (Å²) in [7, 11) is 0. The van der Waals surface area contributed by atoms with E-state index in [1.807, 2.05) is 45.1 Å². The minimum Gasteiger partial charge on any atom is -0.481 e. The van der Waals surface area contributed by atoms with Crippen LogP contribution in [0.15, 0.2) is 24.3 Å². The molecule has 3 atom stereocenters. The number of ketones is 1. The van der Waals surface area contributed by atoms with E-state index in [1.54, 1.807) is 0 Å². The van der Waals surface area contributed by atoms with Gasteiger partial charge in [0.25, 0.3) is 0 Å². The molecule has 0 spiro atoms. The van der Waals surface area contributed by atoms with Gasteiger partial charge < -0.3 is 14.9 Å². The summed E-state index contributed by atoms with van der Waals surface area (Å²) < 4.78 is 5.44. The molecule has 1 aliphatic rings. The molecule has 2 N–H and O–H groups in total. The Labute approximate surface area is 157 Å². The zero-order valence-corrected chi connectivity index (χ0v) is 16.3. The number of carboxylic acids is 1. The number of carbonyl (C=O) groups is 2. The molecular formula is C21H34O5. The number of Topliss-reactive ketones (excluding diaryl/α,β-unsaturated/α-hetero) is 1. The molecule has 1 aliphatic carbocycles. The molecule has 26 heavy (non-hydrogen) atoms. The van der Waals surface area contributed by atoms with Crippen LogP contribution >= 0.6 is 0 Å². The Morgan fingerprint density at radius 3 is 2.69 bits per heavy atom. The second-order valence-corrected chi connectivity index (χ2v) is 7.71. The maximum absolute atomic E-state index is 12.2. The van der Waals surface area contributed by atoms with Crippen LogP contribution in [-0.2, 0) is 14.3 Å². The van der Waals surface area contributed by atoms with Crippen LogP contribution in [0.2, 0.25) is 0 Å². The van der Waals surface area contributed by atoms with Gasteiger partial charge in [-0.1, -0.05) is 38.2 Å². The van der Waals surface area contributed by atoms with Crippen molar-refractivity contribution in [3.8, 4) is 0 Å². The Morgan fingerprint density at radius 2 is 2.04 bits per heavy atom. The topological polar surface area (TPSA) is 83.8 Å². The van der Waals surface area contributed by atoms with E-state index in [4.69, 9.17) is 9.84 Å². The summed E-state index contributed by atoms with van der Waals surface area (Å²) in [6, 6.07) is 0. The summed E-state index contributed by atoms with van der Waals surface area (Å²) >= 11 is 0. The highest BCUT2D eigenvalue weighted by atomic mass is 16.5. The standard InChI is InChI=1S/C21H34O5/c1-4-26-15-21(2,3)19(23)14-12-16-11-13-18(22)17(16)9-7-5-6-8-10-20(24)25/h5-6,12,14,16-17,19,23H,4,7-11,13,15H2,1-3H3,(H,24,25)/b6-5?,14-12+. The Hall–Kier alpha value is -1.46. The molecule has 5 heteroatoms. The first-order chi connectivity index (χ1) is 12.3. The van der Waals surface area contributed by atoms with Crippen LogP contribution in [0.4, 0.5) is 0 Å². The van der Waals surface area contributed by atoms with Crippen LogP contribution in [0.1, 0.15) is 59.3 Å². The van der Waals surface area contributed by atoms with Crippen molar-refractivity contribution in [1.29, 1.82) is 0 Å². The van der Waals surface area contributed by atoms with Crippen molar-refractivity contribution in [3.05, 3.63) is 24.3 Å². The molecular weight excluding hydrogens is 332 g/mol. The molecule has 148 valence electrons. The summed E-state index contributed by atoms with van der Waals surface area (Å²) in [4.78, 5) is 22.6. The highest BCUT2D eigenvalue weighted by Gasteiger charge is 2.33. The van der Waals surface area contributed by atoms with Crippen LogP contribution in [0.3, 0.4) is 0 Å². The van der Waals surface area contributed by atoms with Crippen molar-refractivity contribution in [2.75, 3.05) is 13.2 Å². The molecule has 0 heterocycles. The molecule has 0 aromatic heterocycles. The van der Waals surface area contributed by atoms with E-state index in [0.29, 0.717) is 31.8 Å². The first kappa shape index (κ1) is 22.6. The quantitative estimate of drug-likeness (QED) is 0.514. The second-order valence-electron chi connectivity index (χ2n) is 7.71. The average Bonchev–Trinajstić information content (AvgIpc) is 2.93. The number of ether oxygens (including phenoxy) is 1. The third-order valence-corrected chi connectivity index (χ3v) is 5.01. The molecule has 0 amide bonds. The highest BCUT2D eigenvalue weighted by molar-refractivity contribution is 5.83. The smallest absolute Gasteiger partial charge is 0.303 e. The third-order valence-electron chi connectivity index (χ3n) is 5.01. The van der Waals surface area contributed by atoms with Gasteiger partial charge in [-0.15, -0.1) is 0 Å². The number of allylic oxidation sites excluding steroid dienone is 3. The molecule has 1 fully saturated rings. The lowest BCUT2D eigenvalue weighted by Crippen LogP contribution is -2.32. The SMILES string of the molecule is CCOCC(C)(C)C(O)/C=C/C1CCC(=O)C1CCC=CCCC(=O)O. The van der Waals surface area contributed by atoms with Crippen molar-refractivity contribution < 1.29 is 24.5 Å². The molecule has 0 saturated heterocycles. The molecule has 1 rings (SSSR count). The fraction of sp³-hybridized carbons (Fsp3) is 0.714. The van der Waals surface area contributed by atoms with Gasteiger partial charge >= 0.3 is 5.97 Å². The van der Waals surface area contributed by atoms with Gasteiger partial charge in [-0.05, 0) is 38.5 Å². The van der Waals surface area contributed by atoms with Crippen LogP contribution < -0.4 is 0 Å². The number of carboxylic acid groups (broad SMARTS) is 1. The monoisotopic (exact) mass is 366 g/mol. The second kappa shape index (κ2) is 11.3. The Morgan fingerprint density at radius 1 is 1.35 bits per heavy atom. The van der Waals surface area contributed by atoms with Gasteiger partial charge in [0.05, 0.1) is 12.7 Å². The van der Waals surface area contributed by atoms with Gasteiger partial charge in [-0.25, -0.2) is 0 Å². The molecule has 3 unspecified atom stereocenters. The fourth-order valence-corrected chi connectivity index (χ4v) is 3.22. The number of carbonyl (C=O) groups excluding carboxylic acids is 1. The molecule has 1 saturated carbocycles. The van der Waals surface area contributed by atoms with E-state index < -0.39 is 12.1 Å². The van der Waals surface area contributed by atoms with E-state index in [1.165, 1.54) is 0 Å². The van der Waals surface area contributed by atoms with Gasteiger partial charge in [0.15, 0.2) is 0 Å². The first-order valence-corrected chi connectivity index (χ1v) is 9.61. The van der Waals surface area contributed by atoms with Gasteiger partial charge in [0.2, 0.25) is 0 Å². The molecule has 0 aromatic carbocycles. The largest absolute Gasteiger partial charge is 0.481 e. The number of hydrogen-bond acceptors (Lipinski definition) is 4. The lowest BCUT2D eigenvalue weighted by atomic mass is 9.85. The normalized spacial score (nSPS) is 22.5. The van der Waals surface area contributed by atoms with Crippen LogP contribution in [-0.4, -0.2) is 41.3 Å².